The number of carbonyl (C=O) groups excluding carboxylic acids is 3. The number of piperidine rings is 2. The number of imide groups is 1. The molecule has 2 N–H and O–H groups in total. The first-order chi connectivity index (χ1) is 30.5. The van der Waals surface area contributed by atoms with E-state index < -0.39 is 30.0 Å². The molecular formula is C44H45F2N11O6. The minimum absolute atomic E-state index is 0.00709. The Morgan fingerprint density at radius 3 is 2.62 bits per heavy atom. The number of ether oxygens (including phenoxy) is 2. The van der Waals surface area contributed by atoms with Gasteiger partial charge in [0.25, 0.3) is 12.3 Å². The Bertz CT molecular complexity index is 2850. The number of hydrogen-bond donors (Lipinski definition) is 2. The fourth-order valence-corrected chi connectivity index (χ4v) is 10.3. The van der Waals surface area contributed by atoms with E-state index in [2.05, 4.69) is 30.6 Å². The van der Waals surface area contributed by atoms with Crippen LogP contribution in [0.3, 0.4) is 0 Å². The van der Waals surface area contributed by atoms with Crippen LogP contribution in [0.25, 0.3) is 22.4 Å². The van der Waals surface area contributed by atoms with Gasteiger partial charge in [-0.05, 0) is 92.9 Å². The molecule has 4 aromatic heterocycles. The number of rotatable bonds is 10. The highest BCUT2D eigenvalue weighted by atomic mass is 19.3. The molecule has 1 saturated carbocycles. The van der Waals surface area contributed by atoms with Crippen LogP contribution in [-0.2, 0) is 27.9 Å². The number of nitrogens with one attached hydrogen (secondary N) is 2. The molecule has 5 fully saturated rings. The van der Waals surface area contributed by atoms with Gasteiger partial charge in [-0.25, -0.2) is 27.8 Å². The van der Waals surface area contributed by atoms with Crippen molar-refractivity contribution in [2.24, 2.45) is 12.5 Å². The summed E-state index contributed by atoms with van der Waals surface area (Å²) in [6, 6.07) is 14.4. The van der Waals surface area contributed by atoms with Gasteiger partial charge in [0, 0.05) is 32.8 Å². The highest BCUT2D eigenvalue weighted by molar-refractivity contribution is 6.08. The lowest BCUT2D eigenvalue weighted by atomic mass is 9.61. The van der Waals surface area contributed by atoms with Crippen molar-refractivity contribution < 1.29 is 32.6 Å². The molecule has 17 nitrogen and oxygen atoms in total. The molecule has 63 heavy (non-hydrogen) atoms. The Balaban J connectivity index is 0.705. The number of imidazole rings is 1. The molecule has 8 heterocycles. The van der Waals surface area contributed by atoms with Crippen molar-refractivity contribution >= 4 is 45.9 Å². The zero-order valence-corrected chi connectivity index (χ0v) is 34.5. The van der Waals surface area contributed by atoms with E-state index in [-0.39, 0.29) is 59.4 Å². The van der Waals surface area contributed by atoms with E-state index in [0.29, 0.717) is 40.5 Å². The van der Waals surface area contributed by atoms with Gasteiger partial charge in [-0.2, -0.15) is 10.2 Å². The lowest BCUT2D eigenvalue weighted by molar-refractivity contribution is -0.135. The monoisotopic (exact) mass is 861 g/mol. The third kappa shape index (κ3) is 6.93. The fraction of sp³-hybridized carbons (Fsp3) is 0.432. The SMILES string of the molecule is Cn1c(=O)n(C2CCC(=O)NC2=O)c2cccc(OC3CC4(CCN(Cc5ccc(-n6cc(NC(=O)c7cnn8ccc(N9C[C@H]%10C[C@@H]9CO%10)nc78)c(C(F)F)n6)cc5)CC4)C3)c21. The maximum atomic E-state index is 14.3. The molecule has 3 atom stereocenters. The molecule has 11 rings (SSSR count). The van der Waals surface area contributed by atoms with Gasteiger partial charge in [-0.15, -0.1) is 0 Å². The Morgan fingerprint density at radius 2 is 1.89 bits per heavy atom. The third-order valence-electron chi connectivity index (χ3n) is 13.7. The predicted molar refractivity (Wildman–Crippen MR) is 224 cm³/mol. The summed E-state index contributed by atoms with van der Waals surface area (Å²) in [6.45, 7) is 3.93. The molecule has 1 unspecified atom stereocenters. The van der Waals surface area contributed by atoms with Crippen LogP contribution in [-0.4, -0.2) is 101 Å². The molecule has 4 aliphatic heterocycles. The molecule has 2 aromatic carbocycles. The van der Waals surface area contributed by atoms with Gasteiger partial charge < -0.3 is 19.7 Å². The molecule has 5 aliphatic rings. The van der Waals surface area contributed by atoms with Gasteiger partial charge in [0.1, 0.15) is 28.7 Å². The topological polar surface area (TPSA) is 175 Å². The Labute approximate surface area is 358 Å². The summed E-state index contributed by atoms with van der Waals surface area (Å²) in [5, 5.41) is 13.4. The third-order valence-corrected chi connectivity index (χ3v) is 13.7. The van der Waals surface area contributed by atoms with Gasteiger partial charge >= 0.3 is 5.69 Å². The van der Waals surface area contributed by atoms with E-state index in [1.54, 1.807) is 13.2 Å². The van der Waals surface area contributed by atoms with Crippen LogP contribution in [0.15, 0.2) is 71.9 Å². The fourth-order valence-electron chi connectivity index (χ4n) is 10.3. The second-order valence-electron chi connectivity index (χ2n) is 17.6. The molecule has 4 saturated heterocycles. The van der Waals surface area contributed by atoms with E-state index in [0.717, 1.165) is 63.8 Å². The first kappa shape index (κ1) is 39.4. The number of anilines is 2. The Hall–Kier alpha value is -6.47. The van der Waals surface area contributed by atoms with Crippen LogP contribution in [0.1, 0.15) is 79.0 Å². The average molecular weight is 862 g/mol. The minimum Gasteiger partial charge on any atom is -0.488 e. The van der Waals surface area contributed by atoms with Gasteiger partial charge in [-0.3, -0.25) is 33.7 Å². The number of hydrogen-bond acceptors (Lipinski definition) is 11. The second-order valence-corrected chi connectivity index (χ2v) is 17.6. The van der Waals surface area contributed by atoms with E-state index in [4.69, 9.17) is 14.5 Å². The number of amides is 3. The molecule has 326 valence electrons. The summed E-state index contributed by atoms with van der Waals surface area (Å²) in [5.74, 6) is -0.0960. The molecular weight excluding hydrogens is 817 g/mol. The maximum Gasteiger partial charge on any atom is 0.329 e. The van der Waals surface area contributed by atoms with Gasteiger partial charge in [0.2, 0.25) is 11.8 Å². The number of carbonyl (C=O) groups is 3. The van der Waals surface area contributed by atoms with Crippen LogP contribution in [0.2, 0.25) is 0 Å². The zero-order chi connectivity index (χ0) is 43.1. The molecule has 19 heteroatoms. The molecule has 0 radical (unpaired) electrons. The number of benzene rings is 2. The Kier molecular flexibility index (Phi) is 9.45. The number of para-hydroxylation sites is 1. The van der Waals surface area contributed by atoms with Crippen LogP contribution in [0, 0.1) is 5.41 Å². The number of aromatic nitrogens is 7. The van der Waals surface area contributed by atoms with Crippen LogP contribution < -0.4 is 26.0 Å². The molecule has 1 aliphatic carbocycles. The van der Waals surface area contributed by atoms with Crippen LogP contribution in [0.5, 0.6) is 5.75 Å². The van der Waals surface area contributed by atoms with Crippen molar-refractivity contribution in [3.05, 3.63) is 94.4 Å². The standard InChI is InChI=1S/C44H45F2N11O6/c1-52-38-32(57(43(52)61)33-9-10-36(58)50-42(33)60)3-2-4-34(38)63-29-18-44(19-29)12-15-53(16-13-44)21-25-5-7-26(8-6-25)56-23-31(37(51-56)39(45)46)48-41(59)30-20-47-55-14-11-35(49-40(30)55)54-22-28-17-27(54)24-62-28/h2-8,11,14,20,23,27-29,33,39H,9-10,12-13,15-19,21-22,24H2,1H3,(H,48,59)(H,50,58,60)/t27-,28-,33?/m1/s1. The average Bonchev–Trinajstić information content (AvgIpc) is 4.11. The van der Waals surface area contributed by atoms with E-state index in [9.17, 15) is 28.0 Å². The summed E-state index contributed by atoms with van der Waals surface area (Å²) in [4.78, 5) is 60.6. The van der Waals surface area contributed by atoms with Crippen molar-refractivity contribution in [2.45, 2.75) is 82.2 Å². The summed E-state index contributed by atoms with van der Waals surface area (Å²) < 4.78 is 46.6. The van der Waals surface area contributed by atoms with E-state index >= 15 is 0 Å². The van der Waals surface area contributed by atoms with Crippen molar-refractivity contribution in [3.63, 3.8) is 0 Å². The van der Waals surface area contributed by atoms with E-state index in [1.165, 1.54) is 30.7 Å². The first-order valence-corrected chi connectivity index (χ1v) is 21.4. The number of aryl methyl sites for hydroxylation is 1. The highest BCUT2D eigenvalue weighted by Gasteiger charge is 2.47. The number of alkyl halides is 2. The van der Waals surface area contributed by atoms with Crippen molar-refractivity contribution in [2.75, 3.05) is 36.5 Å². The smallest absolute Gasteiger partial charge is 0.329 e. The molecule has 2 bridgehead atoms. The number of morpholine rings is 1. The lowest BCUT2D eigenvalue weighted by Crippen LogP contribution is -2.50. The zero-order valence-electron chi connectivity index (χ0n) is 34.5. The predicted octanol–water partition coefficient (Wildman–Crippen LogP) is 4.54. The van der Waals surface area contributed by atoms with Gasteiger partial charge in [0.15, 0.2) is 11.3 Å². The molecule has 6 aromatic rings. The number of halogens is 2. The Morgan fingerprint density at radius 1 is 1.08 bits per heavy atom. The van der Waals surface area contributed by atoms with Crippen molar-refractivity contribution in [3.8, 4) is 11.4 Å². The van der Waals surface area contributed by atoms with Crippen molar-refractivity contribution in [1.29, 1.82) is 0 Å². The lowest BCUT2D eigenvalue weighted by Gasteiger charge is -2.51. The van der Waals surface area contributed by atoms with Gasteiger partial charge in [0.05, 0.1) is 54.1 Å². The largest absolute Gasteiger partial charge is 0.488 e. The maximum absolute atomic E-state index is 14.3. The quantitative estimate of drug-likeness (QED) is 0.185. The number of nitrogens with zero attached hydrogens (tertiary/aromatic N) is 9. The highest BCUT2D eigenvalue weighted by Crippen LogP contribution is 2.51. The van der Waals surface area contributed by atoms with Gasteiger partial charge in [-0.1, -0.05) is 18.2 Å². The summed E-state index contributed by atoms with van der Waals surface area (Å²) in [6.07, 6.45) is 7.02. The molecule has 1 spiro atoms. The van der Waals surface area contributed by atoms with Crippen LogP contribution in [0.4, 0.5) is 20.3 Å². The first-order valence-electron chi connectivity index (χ1n) is 21.4. The number of fused-ring (bicyclic) bond motifs is 4. The minimum atomic E-state index is -2.92. The normalized spacial score (nSPS) is 22.4. The summed E-state index contributed by atoms with van der Waals surface area (Å²) in [7, 11) is 1.68. The summed E-state index contributed by atoms with van der Waals surface area (Å²) >= 11 is 0. The van der Waals surface area contributed by atoms with Crippen LogP contribution >= 0.6 is 0 Å². The van der Waals surface area contributed by atoms with E-state index in [1.807, 2.05) is 48.5 Å². The molecule has 3 amide bonds. The summed E-state index contributed by atoms with van der Waals surface area (Å²) in [5.41, 5.74) is 2.61. The second kappa shape index (κ2) is 15.1. The number of likely N-dealkylation sites (tertiary alicyclic amines) is 1. The van der Waals surface area contributed by atoms with Crippen molar-refractivity contribution in [1.82, 2.24) is 43.7 Å².